The third kappa shape index (κ3) is 4.88. The molecule has 8 heteroatoms. The van der Waals surface area contributed by atoms with E-state index >= 15 is 0 Å². The maximum Gasteiger partial charge on any atom is 0.259 e. The maximum atomic E-state index is 12.9. The number of hydrogen-bond donors (Lipinski definition) is 1. The number of nitrogens with zero attached hydrogens (tertiary/aromatic N) is 3. The first-order valence-corrected chi connectivity index (χ1v) is 13.2. The standard InChI is InChI=1S/C26H32N4O3S/c1-2-3-16-33-19-10-8-18(9-11-19)26(32)30-14-12-29(13-15-30)17-22-27-24(31)23-20-6-4-5-7-21(20)34-25(23)28-22/h8-11H,2-7,12-17H2,1H3,(H,27,28,31). The molecule has 1 aliphatic carbocycles. The van der Waals surface area contributed by atoms with Gasteiger partial charge < -0.3 is 14.6 Å². The Balaban J connectivity index is 1.18. The van der Waals surface area contributed by atoms with Gasteiger partial charge in [0, 0.05) is 36.6 Å². The molecule has 0 atom stereocenters. The van der Waals surface area contributed by atoms with E-state index in [0.717, 1.165) is 67.0 Å². The van der Waals surface area contributed by atoms with E-state index in [2.05, 4.69) is 16.8 Å². The molecule has 1 N–H and O–H groups in total. The summed E-state index contributed by atoms with van der Waals surface area (Å²) in [5.74, 6) is 1.58. The Morgan fingerprint density at radius 2 is 1.88 bits per heavy atom. The molecule has 180 valence electrons. The Bertz CT molecular complexity index is 1210. The Kier molecular flexibility index (Phi) is 6.97. The molecular weight excluding hydrogens is 448 g/mol. The number of benzene rings is 1. The van der Waals surface area contributed by atoms with Gasteiger partial charge in [-0.25, -0.2) is 4.98 Å². The zero-order valence-corrected chi connectivity index (χ0v) is 20.6. The van der Waals surface area contributed by atoms with E-state index in [0.29, 0.717) is 31.8 Å². The molecular formula is C26H32N4O3S. The summed E-state index contributed by atoms with van der Waals surface area (Å²) in [6.45, 7) is 6.27. The molecule has 2 aromatic heterocycles. The van der Waals surface area contributed by atoms with E-state index in [1.165, 1.54) is 16.9 Å². The van der Waals surface area contributed by atoms with Crippen molar-refractivity contribution in [2.45, 2.75) is 52.0 Å². The van der Waals surface area contributed by atoms with Gasteiger partial charge in [-0.3, -0.25) is 14.5 Å². The highest BCUT2D eigenvalue weighted by Crippen LogP contribution is 2.33. The predicted molar refractivity (Wildman–Crippen MR) is 135 cm³/mol. The first kappa shape index (κ1) is 23.1. The van der Waals surface area contributed by atoms with Crippen LogP contribution in [0.15, 0.2) is 29.1 Å². The molecule has 1 amide bonds. The molecule has 0 saturated carbocycles. The van der Waals surface area contributed by atoms with Gasteiger partial charge in [0.1, 0.15) is 16.4 Å². The fourth-order valence-corrected chi connectivity index (χ4v) is 6.10. The van der Waals surface area contributed by atoms with Crippen molar-refractivity contribution >= 4 is 27.5 Å². The molecule has 0 unspecified atom stereocenters. The number of ether oxygens (including phenoxy) is 1. The van der Waals surface area contributed by atoms with Crippen molar-refractivity contribution in [3.8, 4) is 5.75 Å². The SMILES string of the molecule is CCCCOc1ccc(C(=O)N2CCN(Cc3nc4sc5c(c4c(=O)[nH]3)CCCC5)CC2)cc1. The van der Waals surface area contributed by atoms with Crippen molar-refractivity contribution in [3.63, 3.8) is 0 Å². The van der Waals surface area contributed by atoms with Crippen molar-refractivity contribution in [2.24, 2.45) is 0 Å². The van der Waals surface area contributed by atoms with Crippen molar-refractivity contribution < 1.29 is 9.53 Å². The number of fused-ring (bicyclic) bond motifs is 3. The van der Waals surface area contributed by atoms with Crippen LogP contribution in [0.4, 0.5) is 0 Å². The van der Waals surface area contributed by atoms with Crippen LogP contribution in [0.3, 0.4) is 0 Å². The lowest BCUT2D eigenvalue weighted by molar-refractivity contribution is 0.0625. The number of unbranched alkanes of at least 4 members (excludes halogenated alkanes) is 1. The number of piperazine rings is 1. The maximum absolute atomic E-state index is 12.9. The van der Waals surface area contributed by atoms with Gasteiger partial charge in [-0.15, -0.1) is 11.3 Å². The lowest BCUT2D eigenvalue weighted by Crippen LogP contribution is -2.48. The molecule has 1 fully saturated rings. The minimum Gasteiger partial charge on any atom is -0.494 e. The molecule has 3 aromatic rings. The third-order valence-corrected chi connectivity index (χ3v) is 7.96. The number of hydrogen-bond acceptors (Lipinski definition) is 6. The molecule has 1 saturated heterocycles. The Morgan fingerprint density at radius 1 is 1.12 bits per heavy atom. The van der Waals surface area contributed by atoms with E-state index in [4.69, 9.17) is 9.72 Å². The molecule has 5 rings (SSSR count). The smallest absolute Gasteiger partial charge is 0.259 e. The van der Waals surface area contributed by atoms with Gasteiger partial charge in [-0.05, 0) is 61.9 Å². The van der Waals surface area contributed by atoms with Gasteiger partial charge in [-0.1, -0.05) is 13.3 Å². The molecule has 34 heavy (non-hydrogen) atoms. The van der Waals surface area contributed by atoms with Crippen molar-refractivity contribution in [2.75, 3.05) is 32.8 Å². The second kappa shape index (κ2) is 10.3. The van der Waals surface area contributed by atoms with Crippen molar-refractivity contribution in [3.05, 3.63) is 56.4 Å². The normalized spacial score (nSPS) is 16.6. The van der Waals surface area contributed by atoms with Gasteiger partial charge in [0.25, 0.3) is 11.5 Å². The topological polar surface area (TPSA) is 78.5 Å². The summed E-state index contributed by atoms with van der Waals surface area (Å²) in [4.78, 5) is 39.9. The lowest BCUT2D eigenvalue weighted by Gasteiger charge is -2.34. The van der Waals surface area contributed by atoms with Crippen LogP contribution in [0.1, 0.15) is 59.2 Å². The van der Waals surface area contributed by atoms with Gasteiger partial charge in [-0.2, -0.15) is 0 Å². The lowest BCUT2D eigenvalue weighted by atomic mass is 9.97. The summed E-state index contributed by atoms with van der Waals surface area (Å²) in [5.41, 5.74) is 1.91. The average Bonchev–Trinajstić information content (AvgIpc) is 3.23. The van der Waals surface area contributed by atoms with Gasteiger partial charge in [0.15, 0.2) is 0 Å². The number of H-pyrrole nitrogens is 1. The summed E-state index contributed by atoms with van der Waals surface area (Å²) >= 11 is 1.69. The highest BCUT2D eigenvalue weighted by molar-refractivity contribution is 7.18. The van der Waals surface area contributed by atoms with E-state index in [1.54, 1.807) is 11.3 Å². The second-order valence-corrected chi connectivity index (χ2v) is 10.3. The molecule has 3 heterocycles. The van der Waals surface area contributed by atoms with E-state index < -0.39 is 0 Å². The number of amides is 1. The molecule has 2 aliphatic rings. The number of carbonyl (C=O) groups excluding carboxylic acids is 1. The van der Waals surface area contributed by atoms with E-state index in [-0.39, 0.29) is 11.5 Å². The number of aryl methyl sites for hydroxylation is 2. The zero-order chi connectivity index (χ0) is 23.5. The molecule has 7 nitrogen and oxygen atoms in total. The number of aromatic amines is 1. The summed E-state index contributed by atoms with van der Waals surface area (Å²) in [5, 5.41) is 0.806. The van der Waals surface area contributed by atoms with Gasteiger partial charge >= 0.3 is 0 Å². The van der Waals surface area contributed by atoms with Crippen LogP contribution in [0.25, 0.3) is 10.2 Å². The summed E-state index contributed by atoms with van der Waals surface area (Å²) in [6.07, 6.45) is 6.53. The minimum atomic E-state index is -0.00432. The van der Waals surface area contributed by atoms with E-state index in [1.807, 2.05) is 29.2 Å². The molecule has 1 aliphatic heterocycles. The van der Waals surface area contributed by atoms with Crippen LogP contribution in [-0.2, 0) is 19.4 Å². The molecule has 1 aromatic carbocycles. The molecule has 0 bridgehead atoms. The number of thiophene rings is 1. The highest BCUT2D eigenvalue weighted by Gasteiger charge is 2.24. The number of nitrogens with one attached hydrogen (secondary N) is 1. The van der Waals surface area contributed by atoms with Crippen LogP contribution in [0.5, 0.6) is 5.75 Å². The summed E-state index contributed by atoms with van der Waals surface area (Å²) < 4.78 is 5.69. The first-order valence-electron chi connectivity index (χ1n) is 12.4. The number of carbonyl (C=O) groups is 1. The molecule has 0 spiro atoms. The van der Waals surface area contributed by atoms with E-state index in [9.17, 15) is 9.59 Å². The fourth-order valence-electron chi connectivity index (χ4n) is 4.81. The highest BCUT2D eigenvalue weighted by atomic mass is 32.1. The minimum absolute atomic E-state index is 0.00432. The monoisotopic (exact) mass is 480 g/mol. The zero-order valence-electron chi connectivity index (χ0n) is 19.8. The second-order valence-electron chi connectivity index (χ2n) is 9.20. The predicted octanol–water partition coefficient (Wildman–Crippen LogP) is 4.00. The molecule has 0 radical (unpaired) electrons. The number of rotatable bonds is 7. The number of aromatic nitrogens is 2. The first-order chi connectivity index (χ1) is 16.6. The largest absolute Gasteiger partial charge is 0.494 e. The van der Waals surface area contributed by atoms with Crippen LogP contribution >= 0.6 is 11.3 Å². The third-order valence-electron chi connectivity index (χ3n) is 6.77. The quantitative estimate of drug-likeness (QED) is 0.517. The van der Waals surface area contributed by atoms with Crippen LogP contribution < -0.4 is 10.3 Å². The van der Waals surface area contributed by atoms with Gasteiger partial charge in [0.2, 0.25) is 0 Å². The van der Waals surface area contributed by atoms with Crippen molar-refractivity contribution in [1.29, 1.82) is 0 Å². The summed E-state index contributed by atoms with van der Waals surface area (Å²) in [6, 6.07) is 7.44. The van der Waals surface area contributed by atoms with Gasteiger partial charge in [0.05, 0.1) is 18.5 Å². The average molecular weight is 481 g/mol. The van der Waals surface area contributed by atoms with Crippen molar-refractivity contribution in [1.82, 2.24) is 19.8 Å². The van der Waals surface area contributed by atoms with Crippen LogP contribution in [0, 0.1) is 0 Å². The van der Waals surface area contributed by atoms with Crippen LogP contribution in [-0.4, -0.2) is 58.5 Å². The summed E-state index contributed by atoms with van der Waals surface area (Å²) in [7, 11) is 0. The van der Waals surface area contributed by atoms with Crippen LogP contribution in [0.2, 0.25) is 0 Å². The Hall–Kier alpha value is -2.71. The Morgan fingerprint density at radius 3 is 2.65 bits per heavy atom. The Labute approximate surface area is 203 Å². The fraction of sp³-hybridized carbons (Fsp3) is 0.500.